The van der Waals surface area contributed by atoms with Crippen molar-refractivity contribution in [1.82, 2.24) is 15.1 Å². The summed E-state index contributed by atoms with van der Waals surface area (Å²) in [7, 11) is 0. The molecule has 1 aliphatic rings. The Morgan fingerprint density at radius 3 is 2.95 bits per heavy atom. The van der Waals surface area contributed by atoms with Crippen molar-refractivity contribution in [2.45, 2.75) is 32.7 Å². The fourth-order valence-corrected chi connectivity index (χ4v) is 2.85. The summed E-state index contributed by atoms with van der Waals surface area (Å²) in [5, 5.41) is 11.8. The molecule has 0 radical (unpaired) electrons. The number of nitrogens with zero attached hydrogens (tertiary/aromatic N) is 2. The van der Waals surface area contributed by atoms with Crippen LogP contribution in [0.1, 0.15) is 32.7 Å². The maximum atomic E-state index is 12.3. The van der Waals surface area contributed by atoms with Crippen LogP contribution in [0, 0.1) is 5.92 Å². The van der Waals surface area contributed by atoms with E-state index in [1.165, 1.54) is 0 Å². The van der Waals surface area contributed by atoms with Crippen LogP contribution in [0.25, 0.3) is 10.9 Å². The van der Waals surface area contributed by atoms with Crippen LogP contribution in [0.3, 0.4) is 0 Å². The quantitative estimate of drug-likeness (QED) is 0.913. The van der Waals surface area contributed by atoms with Crippen molar-refractivity contribution in [3.8, 4) is 0 Å². The molecule has 0 spiro atoms. The lowest BCUT2D eigenvalue weighted by atomic mass is 9.99. The minimum atomic E-state index is 0. The van der Waals surface area contributed by atoms with Gasteiger partial charge < -0.3 is 10.6 Å². The Kier molecular flexibility index (Phi) is 5.42. The molecule has 0 saturated carbocycles. The molecule has 0 bridgehead atoms. The van der Waals surface area contributed by atoms with Crippen molar-refractivity contribution in [3.05, 3.63) is 24.4 Å². The lowest BCUT2D eigenvalue weighted by Gasteiger charge is -2.22. The number of benzene rings is 1. The number of anilines is 1. The molecule has 2 aromatic rings. The van der Waals surface area contributed by atoms with Crippen LogP contribution in [0.5, 0.6) is 0 Å². The lowest BCUT2D eigenvalue weighted by molar-refractivity contribution is -0.120. The van der Waals surface area contributed by atoms with Gasteiger partial charge in [-0.25, -0.2) is 0 Å². The predicted molar refractivity (Wildman–Crippen MR) is 91.6 cm³/mol. The van der Waals surface area contributed by atoms with E-state index >= 15 is 0 Å². The standard InChI is InChI=1S/C16H22N4O.ClH/c1-11(2)20-15-8-14(6-5-12(15)10-18-20)19-16(21)13-4-3-7-17-9-13;/h5-6,8,10-11,13,17H,3-4,7,9H2,1-2H3,(H,19,21);1H. The maximum Gasteiger partial charge on any atom is 0.228 e. The lowest BCUT2D eigenvalue weighted by Crippen LogP contribution is -2.37. The predicted octanol–water partition coefficient (Wildman–Crippen LogP) is 2.98. The SMILES string of the molecule is CC(C)n1ncc2ccc(NC(=O)C3CCCNC3)cc21.Cl. The zero-order valence-corrected chi connectivity index (χ0v) is 13.8. The highest BCUT2D eigenvalue weighted by atomic mass is 35.5. The summed E-state index contributed by atoms with van der Waals surface area (Å²) in [6.45, 7) is 6.00. The number of amides is 1. The van der Waals surface area contributed by atoms with Crippen LogP contribution in [0.2, 0.25) is 0 Å². The second kappa shape index (κ2) is 7.11. The molecule has 1 amide bonds. The summed E-state index contributed by atoms with van der Waals surface area (Å²) in [4.78, 5) is 12.3. The zero-order chi connectivity index (χ0) is 14.8. The van der Waals surface area contributed by atoms with E-state index in [0.717, 1.165) is 42.5 Å². The maximum absolute atomic E-state index is 12.3. The number of hydrogen-bond acceptors (Lipinski definition) is 3. The van der Waals surface area contributed by atoms with E-state index in [9.17, 15) is 4.79 Å². The molecular weight excluding hydrogens is 300 g/mol. The van der Waals surface area contributed by atoms with Gasteiger partial charge in [-0.2, -0.15) is 5.10 Å². The average molecular weight is 323 g/mol. The van der Waals surface area contributed by atoms with E-state index < -0.39 is 0 Å². The smallest absolute Gasteiger partial charge is 0.228 e. The fraction of sp³-hybridized carbons (Fsp3) is 0.500. The Hall–Kier alpha value is -1.59. The van der Waals surface area contributed by atoms with Crippen LogP contribution < -0.4 is 10.6 Å². The minimum absolute atomic E-state index is 0. The Bertz CT molecular complexity index is 647. The van der Waals surface area contributed by atoms with Crippen molar-refractivity contribution < 1.29 is 4.79 Å². The summed E-state index contributed by atoms with van der Waals surface area (Å²) >= 11 is 0. The number of rotatable bonds is 3. The average Bonchev–Trinajstić information content (AvgIpc) is 2.91. The third-order valence-electron chi connectivity index (χ3n) is 4.02. The Labute approximate surface area is 136 Å². The van der Waals surface area contributed by atoms with E-state index in [0.29, 0.717) is 6.04 Å². The van der Waals surface area contributed by atoms with Gasteiger partial charge in [0.05, 0.1) is 17.6 Å². The second-order valence-electron chi connectivity index (χ2n) is 5.99. The van der Waals surface area contributed by atoms with Gasteiger partial charge in [0.25, 0.3) is 0 Å². The Morgan fingerprint density at radius 1 is 1.45 bits per heavy atom. The number of nitrogens with one attached hydrogen (secondary N) is 2. The monoisotopic (exact) mass is 322 g/mol. The number of piperidine rings is 1. The van der Waals surface area contributed by atoms with Gasteiger partial charge in [0, 0.05) is 23.7 Å². The Morgan fingerprint density at radius 2 is 2.27 bits per heavy atom. The van der Waals surface area contributed by atoms with Crippen molar-refractivity contribution in [2.24, 2.45) is 5.92 Å². The zero-order valence-electron chi connectivity index (χ0n) is 13.0. The number of halogens is 1. The van der Waals surface area contributed by atoms with Crippen molar-refractivity contribution in [1.29, 1.82) is 0 Å². The summed E-state index contributed by atoms with van der Waals surface area (Å²) in [6.07, 6.45) is 3.90. The molecule has 1 aliphatic heterocycles. The second-order valence-corrected chi connectivity index (χ2v) is 5.99. The minimum Gasteiger partial charge on any atom is -0.326 e. The highest BCUT2D eigenvalue weighted by molar-refractivity contribution is 5.95. The first-order valence-electron chi connectivity index (χ1n) is 7.64. The van der Waals surface area contributed by atoms with Gasteiger partial charge in [0.2, 0.25) is 5.91 Å². The van der Waals surface area contributed by atoms with E-state index in [1.54, 1.807) is 0 Å². The van der Waals surface area contributed by atoms with E-state index in [1.807, 2.05) is 29.1 Å². The molecule has 120 valence electrons. The van der Waals surface area contributed by atoms with Gasteiger partial charge in [0.15, 0.2) is 0 Å². The molecule has 5 nitrogen and oxygen atoms in total. The normalized spacial score (nSPS) is 18.2. The molecule has 1 fully saturated rings. The van der Waals surface area contributed by atoms with E-state index in [2.05, 4.69) is 29.6 Å². The van der Waals surface area contributed by atoms with Gasteiger partial charge in [0.1, 0.15) is 0 Å². The molecule has 1 saturated heterocycles. The fourth-order valence-electron chi connectivity index (χ4n) is 2.85. The Balaban J connectivity index is 0.00000176. The number of fused-ring (bicyclic) bond motifs is 1. The number of hydrogen-bond donors (Lipinski definition) is 2. The number of aromatic nitrogens is 2. The summed E-state index contributed by atoms with van der Waals surface area (Å²) < 4.78 is 1.98. The molecule has 22 heavy (non-hydrogen) atoms. The topological polar surface area (TPSA) is 59.0 Å². The van der Waals surface area contributed by atoms with Crippen LogP contribution in [0.4, 0.5) is 5.69 Å². The first-order valence-corrected chi connectivity index (χ1v) is 7.64. The number of carbonyl (C=O) groups excluding carboxylic acids is 1. The van der Waals surface area contributed by atoms with Crippen molar-refractivity contribution in [2.75, 3.05) is 18.4 Å². The highest BCUT2D eigenvalue weighted by Gasteiger charge is 2.21. The molecule has 3 rings (SSSR count). The first kappa shape index (κ1) is 16.8. The molecule has 1 aromatic carbocycles. The molecule has 2 heterocycles. The van der Waals surface area contributed by atoms with E-state index in [-0.39, 0.29) is 24.2 Å². The molecule has 1 unspecified atom stereocenters. The molecule has 2 N–H and O–H groups in total. The number of carbonyl (C=O) groups is 1. The van der Waals surface area contributed by atoms with Crippen LogP contribution in [-0.2, 0) is 4.79 Å². The molecule has 1 atom stereocenters. The third-order valence-corrected chi connectivity index (χ3v) is 4.02. The van der Waals surface area contributed by atoms with Crippen LogP contribution >= 0.6 is 12.4 Å². The van der Waals surface area contributed by atoms with Gasteiger partial charge in [-0.3, -0.25) is 9.48 Å². The summed E-state index contributed by atoms with van der Waals surface area (Å²) in [6, 6.07) is 6.27. The molecular formula is C16H23ClN4O. The van der Waals surface area contributed by atoms with Gasteiger partial charge in [-0.1, -0.05) is 0 Å². The summed E-state index contributed by atoms with van der Waals surface area (Å²) in [5.41, 5.74) is 1.91. The van der Waals surface area contributed by atoms with Crippen LogP contribution in [0.15, 0.2) is 24.4 Å². The largest absolute Gasteiger partial charge is 0.326 e. The van der Waals surface area contributed by atoms with Crippen molar-refractivity contribution >= 4 is 34.9 Å². The summed E-state index contributed by atoms with van der Waals surface area (Å²) in [5.74, 6) is 0.182. The first-order chi connectivity index (χ1) is 10.1. The highest BCUT2D eigenvalue weighted by Crippen LogP contribution is 2.22. The van der Waals surface area contributed by atoms with Gasteiger partial charge >= 0.3 is 0 Å². The molecule has 1 aromatic heterocycles. The van der Waals surface area contributed by atoms with Gasteiger partial charge in [-0.15, -0.1) is 12.4 Å². The van der Waals surface area contributed by atoms with Gasteiger partial charge in [-0.05, 0) is 51.4 Å². The molecule has 0 aliphatic carbocycles. The third kappa shape index (κ3) is 3.42. The van der Waals surface area contributed by atoms with E-state index in [4.69, 9.17) is 0 Å². The van der Waals surface area contributed by atoms with Crippen LogP contribution in [-0.4, -0.2) is 28.8 Å². The van der Waals surface area contributed by atoms with Crippen molar-refractivity contribution in [3.63, 3.8) is 0 Å². The molecule has 6 heteroatoms.